The predicted octanol–water partition coefficient (Wildman–Crippen LogP) is 4.60. The summed E-state index contributed by atoms with van der Waals surface area (Å²) in [5, 5.41) is 1.07. The summed E-state index contributed by atoms with van der Waals surface area (Å²) in [4.78, 5) is 18.5. The number of aromatic amines is 1. The number of nitrogens with zero attached hydrogens (tertiary/aromatic N) is 1. The zero-order valence-electron chi connectivity index (χ0n) is 16.0. The fourth-order valence-corrected chi connectivity index (χ4v) is 3.29. The minimum Gasteiger partial charge on any atom is -0.385 e. The molecule has 1 N–H and O–H groups in total. The van der Waals surface area contributed by atoms with Crippen molar-refractivity contribution in [2.24, 2.45) is 0 Å². The van der Waals surface area contributed by atoms with E-state index in [1.807, 2.05) is 25.1 Å². The quantitative estimate of drug-likeness (QED) is 0.619. The molecule has 0 aliphatic heterocycles. The Morgan fingerprint density at radius 2 is 1.89 bits per heavy atom. The van der Waals surface area contributed by atoms with Crippen molar-refractivity contribution in [3.05, 3.63) is 70.7 Å². The van der Waals surface area contributed by atoms with Crippen molar-refractivity contribution in [3.63, 3.8) is 0 Å². The molecule has 0 atom stereocenters. The Morgan fingerprint density at radius 1 is 1.15 bits per heavy atom. The van der Waals surface area contributed by atoms with Crippen LogP contribution in [0, 0.1) is 19.7 Å². The highest BCUT2D eigenvalue weighted by molar-refractivity contribution is 6.06. The van der Waals surface area contributed by atoms with Crippen LogP contribution in [0.1, 0.15) is 33.6 Å². The number of methoxy groups -OCH3 is 1. The van der Waals surface area contributed by atoms with Crippen molar-refractivity contribution in [1.82, 2.24) is 9.88 Å². The molecule has 0 spiro atoms. The van der Waals surface area contributed by atoms with Gasteiger partial charge in [0.15, 0.2) is 0 Å². The summed E-state index contributed by atoms with van der Waals surface area (Å²) in [6, 6.07) is 12.1. The number of aryl methyl sites for hydroxylation is 2. The summed E-state index contributed by atoms with van der Waals surface area (Å²) in [6.07, 6.45) is 0.738. The highest BCUT2D eigenvalue weighted by Crippen LogP contribution is 2.25. The first kappa shape index (κ1) is 19.1. The van der Waals surface area contributed by atoms with Crippen molar-refractivity contribution < 1.29 is 13.9 Å². The van der Waals surface area contributed by atoms with Gasteiger partial charge < -0.3 is 14.6 Å². The molecule has 0 aliphatic carbocycles. The summed E-state index contributed by atoms with van der Waals surface area (Å²) in [7, 11) is 1.65. The van der Waals surface area contributed by atoms with Crippen LogP contribution >= 0.6 is 0 Å². The van der Waals surface area contributed by atoms with E-state index < -0.39 is 0 Å². The SMILES string of the molecule is COCCCN(Cc1ccc(F)cc1)C(=O)c1cccc2c(C)c(C)[nH]c12. The van der Waals surface area contributed by atoms with Gasteiger partial charge in [-0.1, -0.05) is 24.3 Å². The van der Waals surface area contributed by atoms with Crippen molar-refractivity contribution in [2.75, 3.05) is 20.3 Å². The van der Waals surface area contributed by atoms with Crippen LogP contribution in [0.3, 0.4) is 0 Å². The molecule has 4 nitrogen and oxygen atoms in total. The van der Waals surface area contributed by atoms with E-state index in [4.69, 9.17) is 4.74 Å². The molecular weight excluding hydrogens is 343 g/mol. The van der Waals surface area contributed by atoms with Crippen LogP contribution in [0.5, 0.6) is 0 Å². The Morgan fingerprint density at radius 3 is 2.59 bits per heavy atom. The molecule has 5 heteroatoms. The molecule has 1 amide bonds. The van der Waals surface area contributed by atoms with Crippen molar-refractivity contribution >= 4 is 16.8 Å². The second-order valence-electron chi connectivity index (χ2n) is 6.80. The molecule has 2 aromatic carbocycles. The van der Waals surface area contributed by atoms with Crippen LogP contribution in [0.2, 0.25) is 0 Å². The van der Waals surface area contributed by atoms with E-state index >= 15 is 0 Å². The number of H-pyrrole nitrogens is 1. The first-order valence-electron chi connectivity index (χ1n) is 9.12. The number of carbonyl (C=O) groups is 1. The number of halogens is 1. The number of rotatable bonds is 7. The number of para-hydroxylation sites is 1. The van der Waals surface area contributed by atoms with Crippen LogP contribution in [-0.2, 0) is 11.3 Å². The fourth-order valence-electron chi connectivity index (χ4n) is 3.29. The van der Waals surface area contributed by atoms with Crippen LogP contribution in [0.15, 0.2) is 42.5 Å². The van der Waals surface area contributed by atoms with Gasteiger partial charge in [0.2, 0.25) is 0 Å². The summed E-state index contributed by atoms with van der Waals surface area (Å²) in [6.45, 7) is 5.64. The first-order chi connectivity index (χ1) is 13.0. The van der Waals surface area contributed by atoms with Gasteiger partial charge >= 0.3 is 0 Å². The number of hydrogen-bond donors (Lipinski definition) is 1. The average Bonchev–Trinajstić information content (AvgIpc) is 2.96. The third-order valence-corrected chi connectivity index (χ3v) is 4.92. The number of hydrogen-bond acceptors (Lipinski definition) is 2. The minimum absolute atomic E-state index is 0.0396. The minimum atomic E-state index is -0.280. The molecule has 142 valence electrons. The zero-order chi connectivity index (χ0) is 19.4. The zero-order valence-corrected chi connectivity index (χ0v) is 16.0. The Bertz CT molecular complexity index is 931. The summed E-state index contributed by atoms with van der Waals surface area (Å²) in [5.41, 5.74) is 4.64. The molecule has 0 fully saturated rings. The maximum Gasteiger partial charge on any atom is 0.256 e. The monoisotopic (exact) mass is 368 g/mol. The number of aromatic nitrogens is 1. The maximum absolute atomic E-state index is 13.3. The van der Waals surface area contributed by atoms with Gasteiger partial charge in [-0.2, -0.15) is 0 Å². The molecule has 0 saturated carbocycles. The third kappa shape index (κ3) is 4.19. The highest BCUT2D eigenvalue weighted by atomic mass is 19.1. The van der Waals surface area contributed by atoms with Crippen LogP contribution < -0.4 is 0 Å². The standard InChI is InChI=1S/C22H25FN2O2/c1-15-16(2)24-21-19(15)6-4-7-20(21)22(26)25(12-5-13-27-3)14-17-8-10-18(23)11-9-17/h4,6-11,24H,5,12-14H2,1-3H3. The second kappa shape index (κ2) is 8.35. The lowest BCUT2D eigenvalue weighted by molar-refractivity contribution is 0.0725. The second-order valence-corrected chi connectivity index (χ2v) is 6.80. The Hall–Kier alpha value is -2.66. The number of amides is 1. The van der Waals surface area contributed by atoms with E-state index in [1.54, 1.807) is 24.1 Å². The summed E-state index contributed by atoms with van der Waals surface area (Å²) >= 11 is 0. The molecule has 3 rings (SSSR count). The van der Waals surface area contributed by atoms with Crippen LogP contribution in [-0.4, -0.2) is 36.1 Å². The van der Waals surface area contributed by atoms with Crippen molar-refractivity contribution in [1.29, 1.82) is 0 Å². The van der Waals surface area contributed by atoms with Gasteiger partial charge in [0.1, 0.15) is 5.82 Å². The van der Waals surface area contributed by atoms with E-state index in [1.165, 1.54) is 12.1 Å². The molecule has 27 heavy (non-hydrogen) atoms. The van der Waals surface area contributed by atoms with Gasteiger partial charge in [-0.25, -0.2) is 4.39 Å². The first-order valence-corrected chi connectivity index (χ1v) is 9.12. The van der Waals surface area contributed by atoms with Gasteiger partial charge in [0.25, 0.3) is 5.91 Å². The fraction of sp³-hybridized carbons (Fsp3) is 0.318. The lowest BCUT2D eigenvalue weighted by Crippen LogP contribution is -2.32. The summed E-state index contributed by atoms with van der Waals surface area (Å²) in [5.74, 6) is -0.319. The molecule has 0 aliphatic rings. The molecular formula is C22H25FN2O2. The number of ether oxygens (including phenoxy) is 1. The normalized spacial score (nSPS) is 11.1. The summed E-state index contributed by atoms with van der Waals surface area (Å²) < 4.78 is 18.3. The third-order valence-electron chi connectivity index (χ3n) is 4.92. The largest absolute Gasteiger partial charge is 0.385 e. The van der Waals surface area contributed by atoms with Gasteiger partial charge in [0.05, 0.1) is 11.1 Å². The van der Waals surface area contributed by atoms with Gasteiger partial charge in [-0.15, -0.1) is 0 Å². The van der Waals surface area contributed by atoms with Crippen LogP contribution in [0.25, 0.3) is 10.9 Å². The molecule has 1 aromatic heterocycles. The lowest BCUT2D eigenvalue weighted by atomic mass is 10.1. The molecule has 3 aromatic rings. The lowest BCUT2D eigenvalue weighted by Gasteiger charge is -2.23. The van der Waals surface area contributed by atoms with E-state index in [2.05, 4.69) is 11.9 Å². The van der Waals surface area contributed by atoms with Crippen LogP contribution in [0.4, 0.5) is 4.39 Å². The van der Waals surface area contributed by atoms with E-state index in [0.717, 1.165) is 34.1 Å². The number of fused-ring (bicyclic) bond motifs is 1. The topological polar surface area (TPSA) is 45.3 Å². The van der Waals surface area contributed by atoms with E-state index in [9.17, 15) is 9.18 Å². The van der Waals surface area contributed by atoms with Crippen molar-refractivity contribution in [2.45, 2.75) is 26.8 Å². The van der Waals surface area contributed by atoms with Gasteiger partial charge in [0, 0.05) is 37.9 Å². The smallest absolute Gasteiger partial charge is 0.256 e. The van der Waals surface area contributed by atoms with E-state index in [-0.39, 0.29) is 11.7 Å². The van der Waals surface area contributed by atoms with Crippen molar-refractivity contribution in [3.8, 4) is 0 Å². The number of nitrogens with one attached hydrogen (secondary N) is 1. The maximum atomic E-state index is 13.3. The predicted molar refractivity (Wildman–Crippen MR) is 105 cm³/mol. The highest BCUT2D eigenvalue weighted by Gasteiger charge is 2.20. The van der Waals surface area contributed by atoms with E-state index in [0.29, 0.717) is 25.3 Å². The Kier molecular flexibility index (Phi) is 5.91. The number of benzene rings is 2. The van der Waals surface area contributed by atoms with Gasteiger partial charge in [-0.3, -0.25) is 4.79 Å². The van der Waals surface area contributed by atoms with Gasteiger partial charge in [-0.05, 0) is 49.6 Å². The Labute approximate surface area is 158 Å². The molecule has 0 radical (unpaired) electrons. The molecule has 0 bridgehead atoms. The number of carbonyl (C=O) groups excluding carboxylic acids is 1. The molecule has 1 heterocycles. The molecule has 0 saturated heterocycles. The molecule has 0 unspecified atom stereocenters. The average molecular weight is 368 g/mol. The Balaban J connectivity index is 1.92.